The van der Waals surface area contributed by atoms with E-state index < -0.39 is 8.32 Å². The molecule has 1 aromatic heterocycles. The lowest BCUT2D eigenvalue weighted by Gasteiger charge is -2.47. The molecule has 1 aliphatic rings. The van der Waals surface area contributed by atoms with Gasteiger partial charge in [-0.25, -0.2) is 4.98 Å². The van der Waals surface area contributed by atoms with Crippen molar-refractivity contribution in [2.24, 2.45) is 0 Å². The van der Waals surface area contributed by atoms with Gasteiger partial charge in [0.05, 0.1) is 10.6 Å². The predicted octanol–water partition coefficient (Wildman–Crippen LogP) is 4.71. The number of hydrogen-bond donors (Lipinski definition) is 0. The molecule has 3 nitrogen and oxygen atoms in total. The van der Waals surface area contributed by atoms with Gasteiger partial charge in [-0.1, -0.05) is 32.4 Å². The van der Waals surface area contributed by atoms with E-state index in [0.717, 1.165) is 23.4 Å². The Kier molecular flexibility index (Phi) is 4.55. The summed E-state index contributed by atoms with van der Waals surface area (Å²) in [5.74, 6) is 0.910. The fourth-order valence-electron chi connectivity index (χ4n) is 1.91. The van der Waals surface area contributed by atoms with Crippen molar-refractivity contribution < 1.29 is 4.43 Å². The normalized spacial score (nSPS) is 17.2. The summed E-state index contributed by atoms with van der Waals surface area (Å²) in [6.07, 6.45) is 0.309. The van der Waals surface area contributed by atoms with E-state index in [4.69, 9.17) is 16.0 Å². The Balaban J connectivity index is 1.97. The van der Waals surface area contributed by atoms with Crippen molar-refractivity contribution in [2.45, 2.75) is 45.0 Å². The Morgan fingerprint density at radius 1 is 1.35 bits per heavy atom. The molecule has 20 heavy (non-hydrogen) atoms. The summed E-state index contributed by atoms with van der Waals surface area (Å²) in [4.78, 5) is 6.58. The Morgan fingerprint density at radius 2 is 1.95 bits per heavy atom. The van der Waals surface area contributed by atoms with Gasteiger partial charge in [-0.15, -0.1) is 0 Å². The van der Waals surface area contributed by atoms with Crippen molar-refractivity contribution in [3.05, 3.63) is 21.8 Å². The van der Waals surface area contributed by atoms with Crippen LogP contribution in [0.3, 0.4) is 0 Å². The third kappa shape index (κ3) is 3.38. The highest BCUT2D eigenvalue weighted by atomic mass is 79.9. The molecule has 0 saturated carbocycles. The Bertz CT molecular complexity index is 498. The van der Waals surface area contributed by atoms with Gasteiger partial charge in [0.15, 0.2) is 8.32 Å². The Morgan fingerprint density at radius 3 is 2.50 bits per heavy atom. The zero-order valence-corrected chi connectivity index (χ0v) is 16.0. The third-order valence-electron chi connectivity index (χ3n) is 4.21. The summed E-state index contributed by atoms with van der Waals surface area (Å²) >= 11 is 9.49. The summed E-state index contributed by atoms with van der Waals surface area (Å²) in [7, 11) is -1.68. The number of hydrogen-bond acceptors (Lipinski definition) is 3. The van der Waals surface area contributed by atoms with Crippen molar-refractivity contribution in [2.75, 3.05) is 18.0 Å². The monoisotopic (exact) mass is 376 g/mol. The quantitative estimate of drug-likeness (QED) is 0.563. The van der Waals surface area contributed by atoms with Crippen LogP contribution in [-0.2, 0) is 4.43 Å². The highest BCUT2D eigenvalue weighted by Crippen LogP contribution is 2.39. The second kappa shape index (κ2) is 5.59. The van der Waals surface area contributed by atoms with Crippen LogP contribution in [0.25, 0.3) is 0 Å². The summed E-state index contributed by atoms with van der Waals surface area (Å²) in [6, 6.07) is 3.73. The molecule has 0 amide bonds. The van der Waals surface area contributed by atoms with Gasteiger partial charge in [-0.3, -0.25) is 0 Å². The highest BCUT2D eigenvalue weighted by Gasteiger charge is 2.42. The summed E-state index contributed by atoms with van der Waals surface area (Å²) < 4.78 is 7.36. The zero-order valence-electron chi connectivity index (χ0n) is 12.7. The van der Waals surface area contributed by atoms with Crippen LogP contribution in [0, 0.1) is 0 Å². The van der Waals surface area contributed by atoms with E-state index >= 15 is 0 Å². The molecule has 2 heterocycles. The third-order valence-corrected chi connectivity index (χ3v) is 9.57. The maximum Gasteiger partial charge on any atom is 0.192 e. The van der Waals surface area contributed by atoms with E-state index in [2.05, 4.69) is 59.7 Å². The lowest BCUT2D eigenvalue weighted by molar-refractivity contribution is 0.148. The number of anilines is 1. The SMILES string of the molecule is CC(C)(C)[Si](C)(C)OC1CN(c2nc(Cl)ccc2Br)C1. The number of rotatable bonds is 3. The van der Waals surface area contributed by atoms with E-state index in [0.29, 0.717) is 11.3 Å². The fraction of sp³-hybridized carbons (Fsp3) is 0.643. The van der Waals surface area contributed by atoms with E-state index in [1.54, 1.807) is 6.07 Å². The first-order valence-corrected chi connectivity index (χ1v) is 10.9. The zero-order chi connectivity index (χ0) is 15.1. The molecule has 2 rings (SSSR count). The lowest BCUT2D eigenvalue weighted by atomic mass is 10.2. The van der Waals surface area contributed by atoms with Crippen LogP contribution in [0.15, 0.2) is 16.6 Å². The average Bonchev–Trinajstić information content (AvgIpc) is 2.25. The second-order valence-electron chi connectivity index (χ2n) is 6.84. The first kappa shape index (κ1) is 16.3. The Labute approximate surface area is 135 Å². The standard InChI is InChI=1S/C14H22BrClN2OSi/c1-14(2,3)20(4,5)19-10-8-18(9-10)13-11(15)6-7-12(16)17-13/h6-7,10H,8-9H2,1-5H3. The minimum absolute atomic E-state index is 0.252. The molecular weight excluding hydrogens is 356 g/mol. The number of pyridine rings is 1. The first-order chi connectivity index (χ1) is 9.10. The summed E-state index contributed by atoms with van der Waals surface area (Å²) in [5.41, 5.74) is 0. The molecule has 6 heteroatoms. The first-order valence-electron chi connectivity index (χ1n) is 6.85. The fourth-order valence-corrected chi connectivity index (χ4v) is 3.86. The van der Waals surface area contributed by atoms with Crippen LogP contribution >= 0.6 is 27.5 Å². The maximum absolute atomic E-state index is 6.38. The van der Waals surface area contributed by atoms with Crippen LogP contribution in [0.2, 0.25) is 23.3 Å². The van der Waals surface area contributed by atoms with E-state index in [1.807, 2.05) is 6.07 Å². The molecule has 1 fully saturated rings. The molecule has 1 aromatic rings. The molecule has 0 radical (unpaired) electrons. The predicted molar refractivity (Wildman–Crippen MR) is 91.2 cm³/mol. The van der Waals surface area contributed by atoms with E-state index in [-0.39, 0.29) is 5.04 Å². The van der Waals surface area contributed by atoms with Gasteiger partial charge < -0.3 is 9.33 Å². The molecule has 112 valence electrons. The minimum atomic E-state index is -1.68. The Hall–Kier alpha value is -0.103. The van der Waals surface area contributed by atoms with E-state index in [9.17, 15) is 0 Å². The molecule has 0 bridgehead atoms. The second-order valence-corrected chi connectivity index (χ2v) is 12.8. The average molecular weight is 378 g/mol. The summed E-state index contributed by atoms with van der Waals surface area (Å²) in [5, 5.41) is 0.777. The van der Waals surface area contributed by atoms with Gasteiger partial charge in [-0.05, 0) is 46.2 Å². The molecule has 0 aliphatic carbocycles. The molecule has 0 N–H and O–H groups in total. The van der Waals surface area contributed by atoms with Gasteiger partial charge in [-0.2, -0.15) is 0 Å². The van der Waals surface area contributed by atoms with Gasteiger partial charge in [0, 0.05) is 13.1 Å². The molecule has 0 spiro atoms. The number of halogens is 2. The van der Waals surface area contributed by atoms with Crippen LogP contribution in [0.4, 0.5) is 5.82 Å². The van der Waals surface area contributed by atoms with Crippen molar-refractivity contribution in [3.63, 3.8) is 0 Å². The topological polar surface area (TPSA) is 25.4 Å². The maximum atomic E-state index is 6.38. The molecule has 0 aromatic carbocycles. The number of nitrogens with zero attached hydrogens (tertiary/aromatic N) is 2. The largest absolute Gasteiger partial charge is 0.410 e. The summed E-state index contributed by atoms with van der Waals surface area (Å²) in [6.45, 7) is 13.2. The lowest BCUT2D eigenvalue weighted by Crippen LogP contribution is -2.58. The smallest absolute Gasteiger partial charge is 0.192 e. The van der Waals surface area contributed by atoms with Crippen molar-refractivity contribution >= 4 is 41.7 Å². The van der Waals surface area contributed by atoms with E-state index in [1.165, 1.54) is 0 Å². The minimum Gasteiger partial charge on any atom is -0.410 e. The molecule has 0 unspecified atom stereocenters. The number of aromatic nitrogens is 1. The van der Waals surface area contributed by atoms with Gasteiger partial charge in [0.2, 0.25) is 0 Å². The molecule has 1 aliphatic heterocycles. The van der Waals surface area contributed by atoms with Gasteiger partial charge in [0.1, 0.15) is 11.0 Å². The van der Waals surface area contributed by atoms with Crippen LogP contribution < -0.4 is 4.90 Å². The van der Waals surface area contributed by atoms with Gasteiger partial charge in [0.25, 0.3) is 0 Å². The molecular formula is C14H22BrClN2OSi. The highest BCUT2D eigenvalue weighted by molar-refractivity contribution is 9.10. The van der Waals surface area contributed by atoms with Crippen molar-refractivity contribution in [3.8, 4) is 0 Å². The molecule has 1 saturated heterocycles. The van der Waals surface area contributed by atoms with Crippen LogP contribution in [0.5, 0.6) is 0 Å². The van der Waals surface area contributed by atoms with Crippen LogP contribution in [-0.4, -0.2) is 32.5 Å². The molecule has 0 atom stereocenters. The van der Waals surface area contributed by atoms with Crippen molar-refractivity contribution in [1.29, 1.82) is 0 Å². The van der Waals surface area contributed by atoms with Crippen molar-refractivity contribution in [1.82, 2.24) is 4.98 Å². The van der Waals surface area contributed by atoms with Gasteiger partial charge >= 0.3 is 0 Å². The van der Waals surface area contributed by atoms with Crippen LogP contribution in [0.1, 0.15) is 20.8 Å².